The normalized spacial score (nSPS) is 22.7. The highest BCUT2D eigenvalue weighted by atomic mass is 16.2. The first-order chi connectivity index (χ1) is 14.9. The van der Waals surface area contributed by atoms with Crippen molar-refractivity contribution in [1.29, 1.82) is 0 Å². The Morgan fingerprint density at radius 1 is 1.23 bits per heavy atom. The molecule has 1 aliphatic carbocycles. The van der Waals surface area contributed by atoms with Crippen molar-refractivity contribution in [1.82, 2.24) is 15.3 Å². The van der Waals surface area contributed by atoms with Crippen LogP contribution in [0.1, 0.15) is 49.9 Å². The molecule has 1 aromatic carbocycles. The summed E-state index contributed by atoms with van der Waals surface area (Å²) in [5, 5.41) is 3.37. The number of rotatable bonds is 2. The van der Waals surface area contributed by atoms with Gasteiger partial charge in [-0.1, -0.05) is 19.1 Å². The van der Waals surface area contributed by atoms with E-state index >= 15 is 0 Å². The maximum absolute atomic E-state index is 12.3. The molecule has 3 N–H and O–H groups in total. The maximum Gasteiger partial charge on any atom is 0.224 e. The van der Waals surface area contributed by atoms with Crippen molar-refractivity contribution in [2.24, 2.45) is 11.8 Å². The standard InChI is InChI=1S/C20H26N2O.C5H7N3/c1-13-11-18-12-17(15-7-9-21-10-8-15)5-6-19(18)22(14(2)23)20(13)16-3-4-16;1-4-2-8-5(6)3-7-4/h5-7,12-13,16,20-21H,3-4,8-11H2,1-2H3;2-3H,1H3,(H2,6,8)/t13?,20-;/m1./s1. The smallest absolute Gasteiger partial charge is 0.224 e. The van der Waals surface area contributed by atoms with Crippen LogP contribution in [0.5, 0.6) is 0 Å². The van der Waals surface area contributed by atoms with Crippen LogP contribution in [0.4, 0.5) is 11.5 Å². The molecule has 0 saturated heterocycles. The van der Waals surface area contributed by atoms with E-state index in [2.05, 4.69) is 51.4 Å². The molecule has 3 heterocycles. The van der Waals surface area contributed by atoms with Gasteiger partial charge in [-0.05, 0) is 79.8 Å². The average molecular weight is 420 g/mol. The van der Waals surface area contributed by atoms with Gasteiger partial charge in [0.15, 0.2) is 0 Å². The Bertz CT molecular complexity index is 943. The van der Waals surface area contributed by atoms with Gasteiger partial charge in [-0.3, -0.25) is 9.78 Å². The number of nitrogen functional groups attached to an aromatic ring is 1. The van der Waals surface area contributed by atoms with E-state index < -0.39 is 0 Å². The summed E-state index contributed by atoms with van der Waals surface area (Å²) < 4.78 is 0. The molecule has 164 valence electrons. The van der Waals surface area contributed by atoms with E-state index in [9.17, 15) is 4.79 Å². The third-order valence-corrected chi connectivity index (χ3v) is 6.44. The van der Waals surface area contributed by atoms with E-state index in [1.165, 1.54) is 35.7 Å². The van der Waals surface area contributed by atoms with Crippen LogP contribution in [0.2, 0.25) is 0 Å². The van der Waals surface area contributed by atoms with Crippen LogP contribution in [-0.2, 0) is 11.2 Å². The number of amides is 1. The number of nitrogens with zero attached hydrogens (tertiary/aromatic N) is 3. The van der Waals surface area contributed by atoms with Crippen LogP contribution in [0.25, 0.3) is 5.57 Å². The van der Waals surface area contributed by atoms with Gasteiger partial charge in [-0.15, -0.1) is 0 Å². The van der Waals surface area contributed by atoms with Crippen molar-refractivity contribution >= 4 is 23.0 Å². The molecule has 1 saturated carbocycles. The van der Waals surface area contributed by atoms with Gasteiger partial charge in [-0.25, -0.2) is 4.98 Å². The fourth-order valence-corrected chi connectivity index (χ4v) is 4.85. The number of carbonyl (C=O) groups is 1. The van der Waals surface area contributed by atoms with Crippen molar-refractivity contribution < 1.29 is 4.79 Å². The minimum absolute atomic E-state index is 0.198. The second-order valence-corrected chi connectivity index (χ2v) is 9.01. The zero-order valence-electron chi connectivity index (χ0n) is 18.8. The third-order valence-electron chi connectivity index (χ3n) is 6.44. The van der Waals surface area contributed by atoms with E-state index in [0.717, 1.165) is 37.3 Å². The number of aryl methyl sites for hydroxylation is 1. The summed E-state index contributed by atoms with van der Waals surface area (Å²) in [6.45, 7) is 7.93. The number of benzene rings is 1. The number of hydrogen-bond donors (Lipinski definition) is 2. The predicted molar refractivity (Wildman–Crippen MR) is 126 cm³/mol. The second kappa shape index (κ2) is 9.18. The molecule has 1 aromatic heterocycles. The van der Waals surface area contributed by atoms with E-state index in [1.54, 1.807) is 13.1 Å². The summed E-state index contributed by atoms with van der Waals surface area (Å²) in [7, 11) is 0. The first kappa shape index (κ1) is 21.5. The average Bonchev–Trinajstić information content (AvgIpc) is 3.60. The summed E-state index contributed by atoms with van der Waals surface area (Å²) in [4.78, 5) is 22.1. The van der Waals surface area contributed by atoms with Gasteiger partial charge in [-0.2, -0.15) is 0 Å². The molecule has 3 aliphatic rings. The van der Waals surface area contributed by atoms with Crippen molar-refractivity contribution in [3.8, 4) is 0 Å². The second-order valence-electron chi connectivity index (χ2n) is 9.01. The zero-order valence-corrected chi connectivity index (χ0v) is 18.8. The fraction of sp³-hybridized carbons (Fsp3) is 0.480. The minimum atomic E-state index is 0.198. The molecule has 1 fully saturated rings. The molecule has 6 heteroatoms. The zero-order chi connectivity index (χ0) is 22.0. The summed E-state index contributed by atoms with van der Waals surface area (Å²) in [6.07, 6.45) is 10.2. The van der Waals surface area contributed by atoms with Gasteiger partial charge >= 0.3 is 0 Å². The minimum Gasteiger partial charge on any atom is -0.382 e. The molecule has 1 unspecified atom stereocenters. The molecule has 0 bridgehead atoms. The topological polar surface area (TPSA) is 84.1 Å². The highest BCUT2D eigenvalue weighted by Gasteiger charge is 2.43. The highest BCUT2D eigenvalue weighted by molar-refractivity contribution is 5.94. The molecule has 31 heavy (non-hydrogen) atoms. The van der Waals surface area contributed by atoms with Crippen molar-refractivity contribution in [2.75, 3.05) is 23.7 Å². The molecule has 0 radical (unpaired) electrons. The Hall–Kier alpha value is -2.73. The number of hydrogen-bond acceptors (Lipinski definition) is 5. The monoisotopic (exact) mass is 419 g/mol. The maximum atomic E-state index is 12.3. The number of nitrogens with one attached hydrogen (secondary N) is 1. The molecule has 2 atom stereocenters. The number of anilines is 2. The molecule has 2 aromatic rings. The Morgan fingerprint density at radius 2 is 2.03 bits per heavy atom. The quantitative estimate of drug-likeness (QED) is 0.774. The van der Waals surface area contributed by atoms with E-state index in [1.807, 2.05) is 6.92 Å². The summed E-state index contributed by atoms with van der Waals surface area (Å²) >= 11 is 0. The van der Waals surface area contributed by atoms with Crippen LogP contribution in [0.3, 0.4) is 0 Å². The number of aromatic nitrogens is 2. The lowest BCUT2D eigenvalue weighted by Gasteiger charge is -2.41. The Balaban J connectivity index is 0.000000245. The number of nitrogens with two attached hydrogens (primary N) is 1. The van der Waals surface area contributed by atoms with Gasteiger partial charge in [0.1, 0.15) is 5.82 Å². The Morgan fingerprint density at radius 3 is 2.61 bits per heavy atom. The van der Waals surface area contributed by atoms with Crippen LogP contribution in [0, 0.1) is 18.8 Å². The highest BCUT2D eigenvalue weighted by Crippen LogP contribution is 2.45. The summed E-state index contributed by atoms with van der Waals surface area (Å²) in [5.74, 6) is 1.93. The van der Waals surface area contributed by atoms with Gasteiger partial charge in [0.2, 0.25) is 5.91 Å². The molecular formula is C25H33N5O. The predicted octanol–water partition coefficient (Wildman–Crippen LogP) is 3.75. The van der Waals surface area contributed by atoms with Crippen molar-refractivity contribution in [3.63, 3.8) is 0 Å². The largest absolute Gasteiger partial charge is 0.382 e. The lowest BCUT2D eigenvalue weighted by molar-refractivity contribution is -0.117. The molecule has 1 amide bonds. The lowest BCUT2D eigenvalue weighted by Crippen LogP contribution is -2.48. The Labute approximate surface area is 185 Å². The van der Waals surface area contributed by atoms with Gasteiger partial charge in [0.05, 0.1) is 18.1 Å². The van der Waals surface area contributed by atoms with Crippen LogP contribution in [0.15, 0.2) is 36.7 Å². The van der Waals surface area contributed by atoms with Crippen LogP contribution < -0.4 is 16.0 Å². The SMILES string of the molecule is CC(=O)N1c2ccc(C3=CCNCC3)cc2CC(C)[C@@H]1C1CC1.Cc1cnc(N)cn1. The summed E-state index contributed by atoms with van der Waals surface area (Å²) in [5.41, 5.74) is 11.4. The van der Waals surface area contributed by atoms with E-state index in [4.69, 9.17) is 5.73 Å². The van der Waals surface area contributed by atoms with E-state index in [-0.39, 0.29) is 5.91 Å². The first-order valence-corrected chi connectivity index (χ1v) is 11.3. The van der Waals surface area contributed by atoms with Crippen molar-refractivity contribution in [3.05, 3.63) is 53.5 Å². The Kier molecular flexibility index (Phi) is 6.37. The van der Waals surface area contributed by atoms with Crippen molar-refractivity contribution in [2.45, 2.75) is 52.5 Å². The molecule has 6 nitrogen and oxygen atoms in total. The number of fused-ring (bicyclic) bond motifs is 1. The van der Waals surface area contributed by atoms with Crippen LogP contribution >= 0.6 is 0 Å². The van der Waals surface area contributed by atoms with Crippen LogP contribution in [-0.4, -0.2) is 35.0 Å². The fourth-order valence-electron chi connectivity index (χ4n) is 4.85. The number of carbonyl (C=O) groups excluding carboxylic acids is 1. The molecule has 0 spiro atoms. The summed E-state index contributed by atoms with van der Waals surface area (Å²) in [6, 6.07) is 7.15. The lowest BCUT2D eigenvalue weighted by atomic mass is 9.83. The van der Waals surface area contributed by atoms with E-state index in [0.29, 0.717) is 23.7 Å². The molecule has 5 rings (SSSR count). The van der Waals surface area contributed by atoms with Gasteiger partial charge in [0, 0.05) is 25.2 Å². The third kappa shape index (κ3) is 4.96. The van der Waals surface area contributed by atoms with Gasteiger partial charge < -0.3 is 16.0 Å². The van der Waals surface area contributed by atoms with Gasteiger partial charge in [0.25, 0.3) is 0 Å². The molecular weight excluding hydrogens is 386 g/mol. The first-order valence-electron chi connectivity index (χ1n) is 11.3. The molecule has 2 aliphatic heterocycles.